The number of rotatable bonds is 4. The number of amides is 1. The number of aromatic nitrogens is 1. The van der Waals surface area contributed by atoms with Gasteiger partial charge in [-0.1, -0.05) is 13.0 Å². The van der Waals surface area contributed by atoms with Crippen LogP contribution in [0.15, 0.2) is 17.5 Å². The van der Waals surface area contributed by atoms with E-state index in [2.05, 4.69) is 10.3 Å². The van der Waals surface area contributed by atoms with Crippen molar-refractivity contribution in [3.05, 3.63) is 33.0 Å². The summed E-state index contributed by atoms with van der Waals surface area (Å²) >= 11 is 2.97. The average Bonchev–Trinajstić information content (AvgIpc) is 2.97. The summed E-state index contributed by atoms with van der Waals surface area (Å²) in [5.41, 5.74) is 6.91. The number of nitrogens with one attached hydrogen (secondary N) is 1. The molecule has 0 radical (unpaired) electrons. The summed E-state index contributed by atoms with van der Waals surface area (Å²) in [6, 6.07) is 3.12. The third-order valence-electron chi connectivity index (χ3n) is 2.59. The summed E-state index contributed by atoms with van der Waals surface area (Å²) < 4.78 is 0. The van der Waals surface area contributed by atoms with Crippen molar-refractivity contribution in [3.63, 3.8) is 0 Å². The van der Waals surface area contributed by atoms with E-state index in [9.17, 15) is 4.79 Å². The third kappa shape index (κ3) is 2.77. The van der Waals surface area contributed by atoms with Crippen LogP contribution in [0.2, 0.25) is 0 Å². The molecule has 0 aliphatic heterocycles. The molecule has 2 aromatic heterocycles. The topological polar surface area (TPSA) is 68.0 Å². The lowest BCUT2D eigenvalue weighted by molar-refractivity contribution is -0.117. The van der Waals surface area contributed by atoms with Crippen molar-refractivity contribution >= 4 is 33.7 Å². The minimum atomic E-state index is -0.626. The lowest BCUT2D eigenvalue weighted by Gasteiger charge is -2.08. The molecule has 18 heavy (non-hydrogen) atoms. The SMILES string of the molecule is CCc1nc(NC(=O)C(N)c2cccs2)sc1C. The number of nitrogens with zero attached hydrogens (tertiary/aromatic N) is 1. The number of carbonyl (C=O) groups is 1. The molecule has 2 heterocycles. The molecule has 1 unspecified atom stereocenters. The molecule has 3 N–H and O–H groups in total. The van der Waals surface area contributed by atoms with Gasteiger partial charge in [-0.15, -0.1) is 22.7 Å². The second-order valence-corrected chi connectivity index (χ2v) is 6.04. The molecule has 0 saturated carbocycles. The number of nitrogens with two attached hydrogens (primary N) is 1. The van der Waals surface area contributed by atoms with Gasteiger partial charge in [0.05, 0.1) is 5.69 Å². The van der Waals surface area contributed by atoms with E-state index < -0.39 is 6.04 Å². The number of aryl methyl sites for hydroxylation is 2. The van der Waals surface area contributed by atoms with E-state index in [1.54, 1.807) is 0 Å². The van der Waals surface area contributed by atoms with Gasteiger partial charge in [-0.3, -0.25) is 4.79 Å². The number of anilines is 1. The molecule has 0 aromatic carbocycles. The Morgan fingerprint density at radius 1 is 1.61 bits per heavy atom. The van der Waals surface area contributed by atoms with Crippen LogP contribution in [0.4, 0.5) is 5.13 Å². The fourth-order valence-corrected chi connectivity index (χ4v) is 3.22. The van der Waals surface area contributed by atoms with Crippen molar-refractivity contribution in [1.82, 2.24) is 4.98 Å². The summed E-state index contributed by atoms with van der Waals surface area (Å²) in [5.74, 6) is -0.214. The zero-order chi connectivity index (χ0) is 13.1. The molecule has 0 spiro atoms. The molecular weight excluding hydrogens is 266 g/mol. The third-order valence-corrected chi connectivity index (χ3v) is 4.47. The molecule has 2 rings (SSSR count). The Hall–Kier alpha value is -1.24. The molecular formula is C12H15N3OS2. The minimum absolute atomic E-state index is 0.214. The molecule has 96 valence electrons. The first-order valence-electron chi connectivity index (χ1n) is 5.68. The minimum Gasteiger partial charge on any atom is -0.316 e. The molecule has 0 aliphatic carbocycles. The van der Waals surface area contributed by atoms with Crippen molar-refractivity contribution in [3.8, 4) is 0 Å². The zero-order valence-corrected chi connectivity index (χ0v) is 11.9. The second kappa shape index (κ2) is 5.60. The van der Waals surface area contributed by atoms with Crippen LogP contribution in [0.1, 0.15) is 28.4 Å². The molecule has 2 aromatic rings. The van der Waals surface area contributed by atoms with Crippen molar-refractivity contribution < 1.29 is 4.79 Å². The van der Waals surface area contributed by atoms with Gasteiger partial charge in [-0.05, 0) is 24.8 Å². The van der Waals surface area contributed by atoms with E-state index in [-0.39, 0.29) is 5.91 Å². The molecule has 6 heteroatoms. The van der Waals surface area contributed by atoms with Gasteiger partial charge in [0.2, 0.25) is 5.91 Å². The lowest BCUT2D eigenvalue weighted by atomic mass is 10.2. The van der Waals surface area contributed by atoms with Crippen molar-refractivity contribution in [2.24, 2.45) is 5.73 Å². The standard InChI is InChI=1S/C12H15N3OS2/c1-3-8-7(2)18-12(14-8)15-11(16)10(13)9-5-4-6-17-9/h4-6,10H,3,13H2,1-2H3,(H,14,15,16). The predicted molar refractivity (Wildman–Crippen MR) is 76.1 cm³/mol. The molecule has 0 saturated heterocycles. The Balaban J connectivity index is 2.07. The van der Waals surface area contributed by atoms with E-state index in [0.29, 0.717) is 5.13 Å². The summed E-state index contributed by atoms with van der Waals surface area (Å²) in [6.07, 6.45) is 0.870. The Labute approximate surface area is 114 Å². The highest BCUT2D eigenvalue weighted by atomic mass is 32.1. The van der Waals surface area contributed by atoms with Gasteiger partial charge in [0.15, 0.2) is 5.13 Å². The smallest absolute Gasteiger partial charge is 0.248 e. The summed E-state index contributed by atoms with van der Waals surface area (Å²) in [6.45, 7) is 4.05. The second-order valence-electron chi connectivity index (χ2n) is 3.86. The lowest BCUT2D eigenvalue weighted by Crippen LogP contribution is -2.26. The van der Waals surface area contributed by atoms with Crippen LogP contribution in [-0.4, -0.2) is 10.9 Å². The summed E-state index contributed by atoms with van der Waals surface area (Å²) in [5, 5.41) is 5.31. The van der Waals surface area contributed by atoms with Crippen LogP contribution in [0.25, 0.3) is 0 Å². The highest BCUT2D eigenvalue weighted by Gasteiger charge is 2.18. The fraction of sp³-hybridized carbons (Fsp3) is 0.333. The molecule has 0 bridgehead atoms. The van der Waals surface area contributed by atoms with Crippen molar-refractivity contribution in [1.29, 1.82) is 0 Å². The summed E-state index contributed by atoms with van der Waals surface area (Å²) in [4.78, 5) is 18.3. The molecule has 0 aliphatic rings. The number of hydrogen-bond donors (Lipinski definition) is 2. The maximum absolute atomic E-state index is 12.0. The Bertz CT molecular complexity index is 534. The average molecular weight is 281 g/mol. The van der Waals surface area contributed by atoms with Crippen LogP contribution in [0.3, 0.4) is 0 Å². The van der Waals surface area contributed by atoms with Crippen LogP contribution in [0, 0.1) is 6.92 Å². The van der Waals surface area contributed by atoms with Crippen molar-refractivity contribution in [2.75, 3.05) is 5.32 Å². The zero-order valence-electron chi connectivity index (χ0n) is 10.3. The first-order valence-corrected chi connectivity index (χ1v) is 7.37. The number of hydrogen-bond acceptors (Lipinski definition) is 5. The predicted octanol–water partition coefficient (Wildman–Crippen LogP) is 2.71. The van der Waals surface area contributed by atoms with Crippen LogP contribution >= 0.6 is 22.7 Å². The van der Waals surface area contributed by atoms with E-state index in [1.807, 2.05) is 31.4 Å². The number of carbonyl (C=O) groups excluding carboxylic acids is 1. The number of thiazole rings is 1. The van der Waals surface area contributed by atoms with Crippen LogP contribution in [-0.2, 0) is 11.2 Å². The highest BCUT2D eigenvalue weighted by molar-refractivity contribution is 7.15. The fourth-order valence-electron chi connectivity index (χ4n) is 1.59. The Morgan fingerprint density at radius 2 is 2.39 bits per heavy atom. The van der Waals surface area contributed by atoms with Gasteiger partial charge in [0.1, 0.15) is 6.04 Å². The van der Waals surface area contributed by atoms with E-state index in [4.69, 9.17) is 5.73 Å². The first kappa shape index (κ1) is 13.2. The molecule has 0 fully saturated rings. The quantitative estimate of drug-likeness (QED) is 0.905. The monoisotopic (exact) mass is 281 g/mol. The molecule has 4 nitrogen and oxygen atoms in total. The van der Waals surface area contributed by atoms with E-state index in [0.717, 1.165) is 21.9 Å². The first-order chi connectivity index (χ1) is 8.61. The normalized spacial score (nSPS) is 12.4. The Kier molecular flexibility index (Phi) is 4.11. The van der Waals surface area contributed by atoms with Crippen LogP contribution < -0.4 is 11.1 Å². The largest absolute Gasteiger partial charge is 0.316 e. The van der Waals surface area contributed by atoms with Crippen LogP contribution in [0.5, 0.6) is 0 Å². The maximum Gasteiger partial charge on any atom is 0.248 e. The van der Waals surface area contributed by atoms with Gasteiger partial charge < -0.3 is 11.1 Å². The Morgan fingerprint density at radius 3 is 2.94 bits per heavy atom. The van der Waals surface area contributed by atoms with E-state index in [1.165, 1.54) is 22.7 Å². The molecule has 1 amide bonds. The van der Waals surface area contributed by atoms with Gasteiger partial charge in [-0.2, -0.15) is 0 Å². The van der Waals surface area contributed by atoms with E-state index >= 15 is 0 Å². The maximum atomic E-state index is 12.0. The van der Waals surface area contributed by atoms with Gasteiger partial charge in [0.25, 0.3) is 0 Å². The van der Waals surface area contributed by atoms with Crippen molar-refractivity contribution in [2.45, 2.75) is 26.3 Å². The van der Waals surface area contributed by atoms with Gasteiger partial charge in [0, 0.05) is 9.75 Å². The highest BCUT2D eigenvalue weighted by Crippen LogP contribution is 2.24. The molecule has 1 atom stereocenters. The van der Waals surface area contributed by atoms with Gasteiger partial charge >= 0.3 is 0 Å². The number of thiophene rings is 1. The van der Waals surface area contributed by atoms with Gasteiger partial charge in [-0.25, -0.2) is 4.98 Å². The summed E-state index contributed by atoms with van der Waals surface area (Å²) in [7, 11) is 0.